The number of rotatable bonds is 9. The van der Waals surface area contributed by atoms with Crippen molar-refractivity contribution in [2.75, 3.05) is 6.61 Å². The molecule has 5 nitrogen and oxygen atoms in total. The van der Waals surface area contributed by atoms with Crippen molar-refractivity contribution in [1.29, 1.82) is 0 Å². The van der Waals surface area contributed by atoms with E-state index in [4.69, 9.17) is 4.74 Å². The zero-order valence-electron chi connectivity index (χ0n) is 20.8. The zero-order chi connectivity index (χ0) is 24.7. The summed E-state index contributed by atoms with van der Waals surface area (Å²) in [5.41, 5.74) is 1.64. The fraction of sp³-hybridized carbons (Fsp3) is 0.500. The molecule has 0 radical (unpaired) electrons. The summed E-state index contributed by atoms with van der Waals surface area (Å²) in [6.45, 7) is 8.22. The van der Waals surface area contributed by atoms with Crippen molar-refractivity contribution in [3.05, 3.63) is 65.5 Å². The molecule has 1 unspecified atom stereocenters. The number of ether oxygens (including phenoxy) is 1. The highest BCUT2D eigenvalue weighted by molar-refractivity contribution is 5.88. The Labute approximate surface area is 202 Å². The predicted octanol–water partition coefficient (Wildman–Crippen LogP) is 5.37. The number of para-hydroxylation sites is 1. The van der Waals surface area contributed by atoms with Gasteiger partial charge in [0.2, 0.25) is 5.91 Å². The van der Waals surface area contributed by atoms with Gasteiger partial charge < -0.3 is 15.0 Å². The third kappa shape index (κ3) is 6.81. The van der Waals surface area contributed by atoms with Crippen molar-refractivity contribution >= 4 is 11.8 Å². The molecule has 1 aliphatic carbocycles. The monoisotopic (exact) mass is 468 g/mol. The van der Waals surface area contributed by atoms with Crippen LogP contribution < -0.4 is 10.1 Å². The molecular formula is C28H37FN2O3. The number of nitrogens with zero attached hydrogens (tertiary/aromatic N) is 1. The van der Waals surface area contributed by atoms with Crippen molar-refractivity contribution in [2.45, 2.75) is 83.8 Å². The van der Waals surface area contributed by atoms with Gasteiger partial charge in [0.15, 0.2) is 6.61 Å². The maximum atomic E-state index is 13.4. The Morgan fingerprint density at radius 2 is 1.74 bits per heavy atom. The highest BCUT2D eigenvalue weighted by atomic mass is 19.1. The van der Waals surface area contributed by atoms with Gasteiger partial charge in [-0.2, -0.15) is 0 Å². The van der Waals surface area contributed by atoms with E-state index in [0.29, 0.717) is 12.2 Å². The molecule has 1 N–H and O–H groups in total. The van der Waals surface area contributed by atoms with Gasteiger partial charge in [-0.15, -0.1) is 0 Å². The van der Waals surface area contributed by atoms with Crippen molar-refractivity contribution < 1.29 is 18.7 Å². The van der Waals surface area contributed by atoms with Crippen molar-refractivity contribution in [3.63, 3.8) is 0 Å². The first kappa shape index (κ1) is 25.7. The average molecular weight is 469 g/mol. The van der Waals surface area contributed by atoms with Crippen molar-refractivity contribution in [1.82, 2.24) is 10.2 Å². The Morgan fingerprint density at radius 3 is 2.35 bits per heavy atom. The second kappa shape index (κ2) is 11.5. The van der Waals surface area contributed by atoms with E-state index < -0.39 is 6.04 Å². The van der Waals surface area contributed by atoms with Gasteiger partial charge in [-0.05, 0) is 54.0 Å². The van der Waals surface area contributed by atoms with E-state index in [1.807, 2.05) is 31.2 Å². The number of halogens is 1. The molecule has 2 aromatic rings. The van der Waals surface area contributed by atoms with Crippen LogP contribution in [-0.4, -0.2) is 35.4 Å². The average Bonchev–Trinajstić information content (AvgIpc) is 3.31. The van der Waals surface area contributed by atoms with E-state index in [1.165, 1.54) is 12.1 Å². The molecule has 0 bridgehead atoms. The van der Waals surface area contributed by atoms with Gasteiger partial charge in [0, 0.05) is 12.6 Å². The molecule has 1 fully saturated rings. The van der Waals surface area contributed by atoms with E-state index in [2.05, 4.69) is 26.1 Å². The lowest BCUT2D eigenvalue weighted by Crippen LogP contribution is -2.52. The van der Waals surface area contributed by atoms with Crippen LogP contribution in [0.25, 0.3) is 0 Å². The van der Waals surface area contributed by atoms with Crippen LogP contribution in [0.1, 0.15) is 70.9 Å². The van der Waals surface area contributed by atoms with Crippen LogP contribution in [0.4, 0.5) is 4.39 Å². The Hall–Kier alpha value is -2.89. The molecule has 1 aliphatic rings. The summed E-state index contributed by atoms with van der Waals surface area (Å²) in [5.74, 6) is -0.0929. The molecule has 0 heterocycles. The fourth-order valence-electron chi connectivity index (χ4n) is 4.51. The number of carbonyl (C=O) groups is 2. The largest absolute Gasteiger partial charge is 0.483 e. The number of benzene rings is 2. The minimum atomic E-state index is -0.625. The molecule has 3 rings (SSSR count). The third-order valence-corrected chi connectivity index (χ3v) is 6.40. The summed E-state index contributed by atoms with van der Waals surface area (Å²) in [6, 6.07) is 13.3. The second-order valence-electron chi connectivity index (χ2n) is 10.1. The SMILES string of the molecule is CCC(C(=O)NC1CCCC1)N(Cc1ccc(F)cc1)C(=O)COc1ccccc1C(C)(C)C. The smallest absolute Gasteiger partial charge is 0.261 e. The van der Waals surface area contributed by atoms with Crippen molar-refractivity contribution in [3.8, 4) is 5.75 Å². The summed E-state index contributed by atoms with van der Waals surface area (Å²) < 4.78 is 19.4. The van der Waals surface area contributed by atoms with Gasteiger partial charge in [-0.3, -0.25) is 9.59 Å². The number of carbonyl (C=O) groups excluding carboxylic acids is 2. The summed E-state index contributed by atoms with van der Waals surface area (Å²) in [5, 5.41) is 3.13. The molecule has 34 heavy (non-hydrogen) atoms. The van der Waals surface area contributed by atoms with Crippen LogP contribution in [0.3, 0.4) is 0 Å². The van der Waals surface area contributed by atoms with Gasteiger partial charge in [0.1, 0.15) is 17.6 Å². The highest BCUT2D eigenvalue weighted by Crippen LogP contribution is 2.31. The first-order valence-electron chi connectivity index (χ1n) is 12.3. The van der Waals surface area contributed by atoms with Crippen LogP contribution in [-0.2, 0) is 21.5 Å². The Kier molecular flexibility index (Phi) is 8.70. The van der Waals surface area contributed by atoms with Gasteiger partial charge in [-0.25, -0.2) is 4.39 Å². The van der Waals surface area contributed by atoms with Gasteiger partial charge in [0.05, 0.1) is 0 Å². The van der Waals surface area contributed by atoms with Crippen LogP contribution in [0.2, 0.25) is 0 Å². The predicted molar refractivity (Wildman–Crippen MR) is 132 cm³/mol. The molecule has 0 aliphatic heterocycles. The van der Waals surface area contributed by atoms with E-state index in [0.717, 1.165) is 36.8 Å². The standard InChI is InChI=1S/C28H37FN2O3/c1-5-24(27(33)30-22-10-6-7-11-22)31(18-20-14-16-21(29)17-15-20)26(32)19-34-25-13-9-8-12-23(25)28(2,3)4/h8-9,12-17,22,24H,5-7,10-11,18-19H2,1-4H3,(H,30,33). The molecule has 6 heteroatoms. The first-order valence-corrected chi connectivity index (χ1v) is 12.3. The normalized spacial score (nSPS) is 15.1. The Bertz CT molecular complexity index is 962. The van der Waals surface area contributed by atoms with Crippen LogP contribution >= 0.6 is 0 Å². The van der Waals surface area contributed by atoms with E-state index in [-0.39, 0.29) is 42.2 Å². The lowest BCUT2D eigenvalue weighted by Gasteiger charge is -2.31. The molecule has 184 valence electrons. The van der Waals surface area contributed by atoms with E-state index >= 15 is 0 Å². The molecule has 1 atom stereocenters. The Morgan fingerprint density at radius 1 is 1.09 bits per heavy atom. The molecule has 0 saturated heterocycles. The minimum absolute atomic E-state index is 0.138. The van der Waals surface area contributed by atoms with Crippen LogP contribution in [0.15, 0.2) is 48.5 Å². The number of hydrogen-bond donors (Lipinski definition) is 1. The third-order valence-electron chi connectivity index (χ3n) is 6.40. The number of hydrogen-bond acceptors (Lipinski definition) is 3. The maximum Gasteiger partial charge on any atom is 0.261 e. The van der Waals surface area contributed by atoms with Crippen LogP contribution in [0.5, 0.6) is 5.75 Å². The quantitative estimate of drug-likeness (QED) is 0.538. The van der Waals surface area contributed by atoms with E-state index in [1.54, 1.807) is 17.0 Å². The molecule has 0 aromatic heterocycles. The van der Waals surface area contributed by atoms with Gasteiger partial charge in [-0.1, -0.05) is 70.9 Å². The topological polar surface area (TPSA) is 58.6 Å². The molecular weight excluding hydrogens is 431 g/mol. The lowest BCUT2D eigenvalue weighted by atomic mass is 9.86. The van der Waals surface area contributed by atoms with Crippen molar-refractivity contribution in [2.24, 2.45) is 0 Å². The molecule has 0 spiro atoms. The summed E-state index contributed by atoms with van der Waals surface area (Å²) >= 11 is 0. The van der Waals surface area contributed by atoms with Gasteiger partial charge >= 0.3 is 0 Å². The first-order chi connectivity index (χ1) is 16.2. The lowest BCUT2D eigenvalue weighted by molar-refractivity contribution is -0.143. The van der Waals surface area contributed by atoms with Gasteiger partial charge in [0.25, 0.3) is 5.91 Å². The number of nitrogens with one attached hydrogen (secondary N) is 1. The van der Waals surface area contributed by atoms with Crippen LogP contribution in [0, 0.1) is 5.82 Å². The summed E-state index contributed by atoms with van der Waals surface area (Å²) in [7, 11) is 0. The summed E-state index contributed by atoms with van der Waals surface area (Å²) in [6.07, 6.45) is 4.65. The molecule has 2 amide bonds. The number of amides is 2. The maximum absolute atomic E-state index is 13.4. The molecule has 2 aromatic carbocycles. The minimum Gasteiger partial charge on any atom is -0.483 e. The molecule has 1 saturated carbocycles. The highest BCUT2D eigenvalue weighted by Gasteiger charge is 2.31. The van der Waals surface area contributed by atoms with E-state index in [9.17, 15) is 14.0 Å². The zero-order valence-corrected chi connectivity index (χ0v) is 20.8. The second-order valence-corrected chi connectivity index (χ2v) is 10.1. The summed E-state index contributed by atoms with van der Waals surface area (Å²) in [4.78, 5) is 28.2. The Balaban J connectivity index is 1.79. The fourth-order valence-corrected chi connectivity index (χ4v) is 4.51.